The Morgan fingerprint density at radius 3 is 2.40 bits per heavy atom. The number of amides is 2. The monoisotopic (exact) mass is 633 g/mol. The number of nitrogens with one attached hydrogen (secondary N) is 1. The second-order valence-electron chi connectivity index (χ2n) is 9.02. The molecule has 0 aliphatic carbocycles. The molecular weight excluding hydrogens is 610 g/mol. The van der Waals surface area contributed by atoms with Crippen molar-refractivity contribution in [1.82, 2.24) is 15.2 Å². The quantitative estimate of drug-likeness (QED) is 0.0934. The van der Waals surface area contributed by atoms with E-state index in [-0.39, 0.29) is 33.6 Å². The first kappa shape index (κ1) is 31.0. The van der Waals surface area contributed by atoms with Crippen molar-refractivity contribution in [2.75, 3.05) is 11.5 Å². The number of carboxylic acids is 2. The first-order valence-corrected chi connectivity index (χ1v) is 14.1. The van der Waals surface area contributed by atoms with Gasteiger partial charge in [-0.25, -0.2) is 14.6 Å². The number of hydrogen-bond acceptors (Lipinski definition) is 14. The molecule has 18 heteroatoms. The van der Waals surface area contributed by atoms with Gasteiger partial charge in [0.05, 0.1) is 0 Å². The summed E-state index contributed by atoms with van der Waals surface area (Å²) in [6.45, 7) is 3.80. The van der Waals surface area contributed by atoms with Crippen LogP contribution in [0.2, 0.25) is 0 Å². The van der Waals surface area contributed by atoms with E-state index in [9.17, 15) is 39.0 Å². The van der Waals surface area contributed by atoms with Crippen LogP contribution in [0.5, 0.6) is 11.5 Å². The van der Waals surface area contributed by atoms with Gasteiger partial charge in [0.25, 0.3) is 11.8 Å². The van der Waals surface area contributed by atoms with Gasteiger partial charge < -0.3 is 35.6 Å². The van der Waals surface area contributed by atoms with E-state index >= 15 is 0 Å². The highest BCUT2D eigenvalue weighted by molar-refractivity contribution is 8.00. The fourth-order valence-electron chi connectivity index (χ4n) is 4.10. The minimum Gasteiger partial charge on any atom is -0.478 e. The highest BCUT2D eigenvalue weighted by Gasteiger charge is 2.54. The molecule has 226 valence electrons. The Hall–Kier alpha value is -4.97. The third kappa shape index (κ3) is 6.59. The van der Waals surface area contributed by atoms with E-state index in [0.717, 1.165) is 36.2 Å². The third-order valence-electron chi connectivity index (χ3n) is 5.88. The maximum atomic E-state index is 13.3. The van der Waals surface area contributed by atoms with E-state index in [1.807, 2.05) is 0 Å². The molecule has 1 saturated heterocycles. The molecule has 2 aromatic rings. The van der Waals surface area contributed by atoms with Gasteiger partial charge in [0.1, 0.15) is 22.8 Å². The second kappa shape index (κ2) is 12.5. The van der Waals surface area contributed by atoms with E-state index in [2.05, 4.69) is 15.5 Å². The van der Waals surface area contributed by atoms with Crippen LogP contribution in [0.15, 0.2) is 40.0 Å². The number of esters is 2. The number of rotatable bonds is 10. The number of nitrogens with zero attached hydrogens (tertiary/aromatic N) is 3. The van der Waals surface area contributed by atoms with Crippen LogP contribution in [0.3, 0.4) is 0 Å². The lowest BCUT2D eigenvalue weighted by Crippen LogP contribution is -2.71. The number of ether oxygens (including phenoxy) is 2. The van der Waals surface area contributed by atoms with Gasteiger partial charge >= 0.3 is 23.9 Å². The fraction of sp³-hybridized carbons (Fsp3) is 0.280. The molecule has 2 aliphatic heterocycles. The Balaban J connectivity index is 1.62. The average Bonchev–Trinajstić information content (AvgIpc) is 3.35. The van der Waals surface area contributed by atoms with E-state index in [4.69, 9.17) is 20.0 Å². The summed E-state index contributed by atoms with van der Waals surface area (Å²) < 4.78 is 10.0. The maximum Gasteiger partial charge on any atom is 0.352 e. The number of nitrogen functional groups attached to an aromatic ring is 1. The number of thiazole rings is 1. The zero-order chi connectivity index (χ0) is 31.6. The van der Waals surface area contributed by atoms with Gasteiger partial charge in [0.15, 0.2) is 22.3 Å². The third-order valence-corrected chi connectivity index (χ3v) is 7.98. The molecule has 1 fully saturated rings. The van der Waals surface area contributed by atoms with Crippen molar-refractivity contribution in [3.05, 3.63) is 46.1 Å². The van der Waals surface area contributed by atoms with Crippen LogP contribution in [-0.2, 0) is 33.6 Å². The summed E-state index contributed by atoms with van der Waals surface area (Å²) in [6, 6.07) is 2.38. The van der Waals surface area contributed by atoms with Crippen LogP contribution in [0.1, 0.15) is 38.1 Å². The molecule has 2 amide bonds. The van der Waals surface area contributed by atoms with E-state index < -0.39 is 58.9 Å². The molecule has 5 N–H and O–H groups in total. The van der Waals surface area contributed by atoms with Gasteiger partial charge in [-0.1, -0.05) is 11.2 Å². The molecule has 3 atom stereocenters. The van der Waals surface area contributed by atoms with Gasteiger partial charge in [-0.2, -0.15) is 0 Å². The number of benzene rings is 1. The summed E-state index contributed by atoms with van der Waals surface area (Å²) in [5, 5.41) is 26.3. The first-order chi connectivity index (χ1) is 20.3. The number of carbonyl (C=O) groups is 6. The number of aromatic nitrogens is 1. The van der Waals surface area contributed by atoms with Gasteiger partial charge in [-0.15, -0.1) is 23.1 Å². The van der Waals surface area contributed by atoms with Crippen molar-refractivity contribution < 1.29 is 53.3 Å². The largest absolute Gasteiger partial charge is 0.478 e. The summed E-state index contributed by atoms with van der Waals surface area (Å²) in [4.78, 5) is 83.3. The molecule has 1 aromatic carbocycles. The molecule has 0 saturated carbocycles. The van der Waals surface area contributed by atoms with Gasteiger partial charge in [0.2, 0.25) is 6.10 Å². The Morgan fingerprint density at radius 1 is 1.14 bits per heavy atom. The Morgan fingerprint density at radius 2 is 1.81 bits per heavy atom. The lowest BCUT2D eigenvalue weighted by Gasteiger charge is -2.49. The summed E-state index contributed by atoms with van der Waals surface area (Å²) >= 11 is 2.21. The van der Waals surface area contributed by atoms with E-state index in [1.165, 1.54) is 29.3 Å². The summed E-state index contributed by atoms with van der Waals surface area (Å²) in [6.07, 6.45) is -1.86. The summed E-state index contributed by atoms with van der Waals surface area (Å²) in [5.41, 5.74) is 5.34. The zero-order valence-corrected chi connectivity index (χ0v) is 24.2. The molecule has 1 aromatic heterocycles. The van der Waals surface area contributed by atoms with Gasteiger partial charge in [0, 0.05) is 30.5 Å². The molecular formula is C25H23N5O11S2. The number of β-lactam (4-membered cyclic amide) rings is 1. The molecule has 0 spiro atoms. The number of fused-ring (bicyclic) bond motifs is 1. The molecule has 16 nitrogen and oxygen atoms in total. The van der Waals surface area contributed by atoms with Crippen LogP contribution in [0.4, 0.5) is 5.13 Å². The van der Waals surface area contributed by atoms with Gasteiger partial charge in [-0.05, 0) is 24.6 Å². The van der Waals surface area contributed by atoms with Crippen molar-refractivity contribution >= 4 is 69.6 Å². The molecule has 4 rings (SSSR count). The molecule has 0 radical (unpaired) electrons. The lowest BCUT2D eigenvalue weighted by molar-refractivity contribution is -0.151. The zero-order valence-electron chi connectivity index (χ0n) is 22.6. The molecule has 43 heavy (non-hydrogen) atoms. The second-order valence-corrected chi connectivity index (χ2v) is 11.0. The number of aliphatic carboxylic acids is 2. The first-order valence-electron chi connectivity index (χ1n) is 12.2. The standard InChI is InChI=1S/C25H23N5O11S2/c1-9-7-42-22-17(21(34)30(22)18(9)23(35)36)28-20(33)16(13-8-43-25(26)27-13)29-41-19(24(37)38)12-4-5-14(39-10(2)31)15(6-12)40-11(3)32/h4-6,8,17,19,22H,7H2,1-3H3,(H2,26,27)(H,28,33)(H,35,36)(H,37,38)/t17-,19+,22-/m1/s1. The fourth-order valence-corrected chi connectivity index (χ4v) is 5.94. The Bertz CT molecular complexity index is 1600. The van der Waals surface area contributed by atoms with Crippen LogP contribution < -0.4 is 20.5 Å². The van der Waals surface area contributed by atoms with E-state index in [1.54, 1.807) is 6.92 Å². The smallest absolute Gasteiger partial charge is 0.352 e. The SMILES string of the molecule is CC(=O)Oc1ccc([C@H](ON=C(C(=O)N[C@@H]2C(=O)N3C(C(=O)O)=C(C)CS[C@H]23)c2csc(N)n2)C(=O)O)cc1OC(C)=O. The number of nitrogens with two attached hydrogens (primary N) is 1. The topological polar surface area (TPSA) is 237 Å². The van der Waals surface area contributed by atoms with Crippen LogP contribution in [0.25, 0.3) is 0 Å². The maximum absolute atomic E-state index is 13.3. The Kier molecular flexibility index (Phi) is 9.00. The Labute approximate surface area is 250 Å². The molecule has 3 heterocycles. The summed E-state index contributed by atoms with van der Waals surface area (Å²) in [5.74, 6) is -6.06. The van der Waals surface area contributed by atoms with Crippen molar-refractivity contribution in [1.29, 1.82) is 0 Å². The molecule has 2 aliphatic rings. The van der Waals surface area contributed by atoms with E-state index in [0.29, 0.717) is 11.3 Å². The van der Waals surface area contributed by atoms with Gasteiger partial charge in [-0.3, -0.25) is 24.1 Å². The highest BCUT2D eigenvalue weighted by Crippen LogP contribution is 2.40. The van der Waals surface area contributed by atoms with Crippen molar-refractivity contribution in [2.24, 2.45) is 5.16 Å². The highest BCUT2D eigenvalue weighted by atomic mass is 32.2. The predicted molar refractivity (Wildman–Crippen MR) is 149 cm³/mol. The number of oxime groups is 1. The number of hydrogen-bond donors (Lipinski definition) is 4. The van der Waals surface area contributed by atoms with Crippen LogP contribution in [0, 0.1) is 0 Å². The normalized spacial score (nSPS) is 18.6. The lowest BCUT2D eigenvalue weighted by atomic mass is 10.0. The van der Waals surface area contributed by atoms with Crippen molar-refractivity contribution in [3.63, 3.8) is 0 Å². The average molecular weight is 634 g/mol. The number of carbonyl (C=O) groups excluding carboxylic acids is 4. The van der Waals surface area contributed by atoms with Crippen molar-refractivity contribution in [2.45, 2.75) is 38.3 Å². The minimum atomic E-state index is -1.86. The van der Waals surface area contributed by atoms with Crippen LogP contribution >= 0.6 is 23.1 Å². The summed E-state index contributed by atoms with van der Waals surface area (Å²) in [7, 11) is 0. The predicted octanol–water partition coefficient (Wildman–Crippen LogP) is 0.881. The number of carboxylic acid groups (broad SMARTS) is 2. The number of thioether (sulfide) groups is 1. The molecule has 0 unspecified atom stereocenters. The number of anilines is 1. The van der Waals surface area contributed by atoms with Crippen molar-refractivity contribution in [3.8, 4) is 11.5 Å². The molecule has 0 bridgehead atoms. The minimum absolute atomic E-state index is 0.0535. The van der Waals surface area contributed by atoms with Crippen LogP contribution in [-0.4, -0.2) is 78.7 Å².